The summed E-state index contributed by atoms with van der Waals surface area (Å²) in [6, 6.07) is 5.67. The van der Waals surface area contributed by atoms with Gasteiger partial charge in [0.2, 0.25) is 0 Å². The van der Waals surface area contributed by atoms with Crippen molar-refractivity contribution in [3.05, 3.63) is 42.0 Å². The standard InChI is InChI=1S/C15H20N6O.2ClH/c1-15(10-16,11-5-6-11)18-14(22)13-9-21(20-19-13)8-12-4-2-3-7-17-12;;/h2-4,7,9,11H,5-6,8,10,16H2,1H3,(H,18,22);2*1H. The number of aromatic nitrogens is 4. The third-order valence-corrected chi connectivity index (χ3v) is 4.12. The SMILES string of the molecule is CC(CN)(NC(=O)c1cn(Cc2ccccn2)nn1)C1CC1.Cl.Cl. The van der Waals surface area contributed by atoms with Crippen molar-refractivity contribution in [3.8, 4) is 0 Å². The lowest BCUT2D eigenvalue weighted by atomic mass is 9.96. The molecule has 0 aromatic carbocycles. The number of carbonyl (C=O) groups is 1. The van der Waals surface area contributed by atoms with Gasteiger partial charge in [0.1, 0.15) is 0 Å². The number of amides is 1. The maximum Gasteiger partial charge on any atom is 0.273 e. The second-order valence-electron chi connectivity index (χ2n) is 5.97. The molecule has 0 aliphatic heterocycles. The molecule has 1 fully saturated rings. The predicted octanol–water partition coefficient (Wildman–Crippen LogP) is 1.42. The van der Waals surface area contributed by atoms with Crippen molar-refractivity contribution in [1.82, 2.24) is 25.3 Å². The van der Waals surface area contributed by atoms with E-state index in [1.54, 1.807) is 17.1 Å². The minimum atomic E-state index is -0.359. The van der Waals surface area contributed by atoms with E-state index in [1.165, 1.54) is 0 Å². The van der Waals surface area contributed by atoms with E-state index < -0.39 is 0 Å². The quantitative estimate of drug-likeness (QED) is 0.798. The van der Waals surface area contributed by atoms with E-state index >= 15 is 0 Å². The van der Waals surface area contributed by atoms with Gasteiger partial charge >= 0.3 is 0 Å². The van der Waals surface area contributed by atoms with E-state index in [-0.39, 0.29) is 36.3 Å². The first-order valence-electron chi connectivity index (χ1n) is 7.43. The summed E-state index contributed by atoms with van der Waals surface area (Å²) in [5, 5.41) is 10.9. The van der Waals surface area contributed by atoms with Crippen molar-refractivity contribution in [3.63, 3.8) is 0 Å². The molecule has 7 nitrogen and oxygen atoms in total. The molecule has 2 aromatic rings. The van der Waals surface area contributed by atoms with E-state index in [1.807, 2.05) is 25.1 Å². The molecule has 24 heavy (non-hydrogen) atoms. The van der Waals surface area contributed by atoms with Gasteiger partial charge in [0.25, 0.3) is 5.91 Å². The maximum absolute atomic E-state index is 12.3. The van der Waals surface area contributed by atoms with Crippen molar-refractivity contribution in [2.45, 2.75) is 31.8 Å². The first-order chi connectivity index (χ1) is 10.6. The fourth-order valence-electron chi connectivity index (χ4n) is 2.50. The van der Waals surface area contributed by atoms with Crippen LogP contribution >= 0.6 is 24.8 Å². The Labute approximate surface area is 153 Å². The van der Waals surface area contributed by atoms with Crippen LogP contribution in [0.3, 0.4) is 0 Å². The zero-order chi connectivity index (χ0) is 15.6. The number of hydrogen-bond acceptors (Lipinski definition) is 5. The minimum absolute atomic E-state index is 0. The Morgan fingerprint density at radius 1 is 1.42 bits per heavy atom. The molecule has 1 amide bonds. The van der Waals surface area contributed by atoms with Crippen molar-refractivity contribution in [2.24, 2.45) is 11.7 Å². The summed E-state index contributed by atoms with van der Waals surface area (Å²) in [4.78, 5) is 16.5. The lowest BCUT2D eigenvalue weighted by Gasteiger charge is -2.28. The summed E-state index contributed by atoms with van der Waals surface area (Å²) in [5.74, 6) is 0.233. The number of nitrogens with two attached hydrogens (primary N) is 1. The van der Waals surface area contributed by atoms with Gasteiger partial charge in [-0.3, -0.25) is 9.78 Å². The molecule has 1 saturated carbocycles. The molecule has 132 valence electrons. The number of pyridine rings is 1. The molecule has 9 heteroatoms. The number of nitrogens with one attached hydrogen (secondary N) is 1. The first kappa shape index (κ1) is 20.3. The Morgan fingerprint density at radius 2 is 2.17 bits per heavy atom. The molecular formula is C15H22Cl2N6O. The van der Waals surface area contributed by atoms with Gasteiger partial charge in [0.05, 0.1) is 24.0 Å². The second-order valence-corrected chi connectivity index (χ2v) is 5.97. The molecular weight excluding hydrogens is 351 g/mol. The average Bonchev–Trinajstić information content (AvgIpc) is 3.29. The van der Waals surface area contributed by atoms with Crippen molar-refractivity contribution < 1.29 is 4.79 Å². The predicted molar refractivity (Wildman–Crippen MR) is 95.5 cm³/mol. The molecule has 3 N–H and O–H groups in total. The Hall–Kier alpha value is -1.70. The number of carbonyl (C=O) groups excluding carboxylic acids is 1. The van der Waals surface area contributed by atoms with E-state index in [4.69, 9.17) is 5.73 Å². The third-order valence-electron chi connectivity index (χ3n) is 4.12. The van der Waals surface area contributed by atoms with Gasteiger partial charge in [-0.15, -0.1) is 29.9 Å². The second kappa shape index (κ2) is 8.41. The van der Waals surface area contributed by atoms with Crippen molar-refractivity contribution in [2.75, 3.05) is 6.54 Å². The number of hydrogen-bond donors (Lipinski definition) is 2. The zero-order valence-electron chi connectivity index (χ0n) is 13.4. The number of nitrogens with zero attached hydrogens (tertiary/aromatic N) is 4. The van der Waals surface area contributed by atoms with Crippen LogP contribution in [0, 0.1) is 5.92 Å². The monoisotopic (exact) mass is 372 g/mol. The molecule has 1 aliphatic rings. The average molecular weight is 373 g/mol. The molecule has 2 aromatic heterocycles. The smallest absolute Gasteiger partial charge is 0.273 e. The number of halogens is 2. The van der Waals surface area contributed by atoms with Crippen LogP contribution in [0.1, 0.15) is 35.9 Å². The van der Waals surface area contributed by atoms with Crippen LogP contribution < -0.4 is 11.1 Å². The van der Waals surface area contributed by atoms with Gasteiger partial charge in [0, 0.05) is 12.7 Å². The Morgan fingerprint density at radius 3 is 2.75 bits per heavy atom. The van der Waals surface area contributed by atoms with Crippen LogP contribution in [0.15, 0.2) is 30.6 Å². The fourth-order valence-corrected chi connectivity index (χ4v) is 2.50. The fraction of sp³-hybridized carbons (Fsp3) is 0.467. The molecule has 0 spiro atoms. The van der Waals surface area contributed by atoms with Crippen LogP contribution in [0.4, 0.5) is 0 Å². The largest absolute Gasteiger partial charge is 0.344 e. The van der Waals surface area contributed by atoms with Crippen LogP contribution in [-0.2, 0) is 6.54 Å². The summed E-state index contributed by atoms with van der Waals surface area (Å²) in [6.45, 7) is 2.89. The van der Waals surface area contributed by atoms with Crippen LogP contribution in [-0.4, -0.2) is 38.0 Å². The molecule has 1 atom stereocenters. The summed E-state index contributed by atoms with van der Waals surface area (Å²) in [6.07, 6.45) is 5.58. The van der Waals surface area contributed by atoms with Gasteiger partial charge in [-0.1, -0.05) is 11.3 Å². The highest BCUT2D eigenvalue weighted by Gasteiger charge is 2.41. The maximum atomic E-state index is 12.3. The lowest BCUT2D eigenvalue weighted by molar-refractivity contribution is 0.0892. The normalized spacial score (nSPS) is 15.6. The summed E-state index contributed by atoms with van der Waals surface area (Å²) in [7, 11) is 0. The molecule has 2 heterocycles. The van der Waals surface area contributed by atoms with Crippen LogP contribution in [0.2, 0.25) is 0 Å². The Bertz CT molecular complexity index is 661. The van der Waals surface area contributed by atoms with Gasteiger partial charge < -0.3 is 11.1 Å². The Kier molecular flexibility index (Phi) is 7.13. The van der Waals surface area contributed by atoms with Crippen LogP contribution in [0.25, 0.3) is 0 Å². The minimum Gasteiger partial charge on any atom is -0.344 e. The van der Waals surface area contributed by atoms with Gasteiger partial charge in [-0.05, 0) is 37.8 Å². The lowest BCUT2D eigenvalue weighted by Crippen LogP contribution is -2.53. The number of rotatable bonds is 6. The molecule has 1 unspecified atom stereocenters. The van der Waals surface area contributed by atoms with Crippen molar-refractivity contribution in [1.29, 1.82) is 0 Å². The zero-order valence-corrected chi connectivity index (χ0v) is 15.0. The van der Waals surface area contributed by atoms with E-state index in [2.05, 4.69) is 20.6 Å². The van der Waals surface area contributed by atoms with Gasteiger partial charge in [-0.2, -0.15) is 0 Å². The molecule has 0 saturated heterocycles. The van der Waals surface area contributed by atoms with E-state index in [0.717, 1.165) is 18.5 Å². The van der Waals surface area contributed by atoms with Crippen LogP contribution in [0.5, 0.6) is 0 Å². The highest BCUT2D eigenvalue weighted by molar-refractivity contribution is 5.92. The van der Waals surface area contributed by atoms with E-state index in [0.29, 0.717) is 24.7 Å². The molecule has 1 aliphatic carbocycles. The first-order valence-corrected chi connectivity index (χ1v) is 7.43. The van der Waals surface area contributed by atoms with E-state index in [9.17, 15) is 4.79 Å². The molecule has 3 rings (SSSR count). The summed E-state index contributed by atoms with van der Waals surface area (Å²) in [5.41, 5.74) is 6.63. The van der Waals surface area contributed by atoms with Gasteiger partial charge in [-0.25, -0.2) is 4.68 Å². The topological polar surface area (TPSA) is 98.7 Å². The van der Waals surface area contributed by atoms with Crippen molar-refractivity contribution >= 4 is 30.7 Å². The highest BCUT2D eigenvalue weighted by Crippen LogP contribution is 2.39. The molecule has 0 radical (unpaired) electrons. The van der Waals surface area contributed by atoms with Gasteiger partial charge in [0.15, 0.2) is 5.69 Å². The Balaban J connectivity index is 0.00000144. The third kappa shape index (κ3) is 4.66. The summed E-state index contributed by atoms with van der Waals surface area (Å²) >= 11 is 0. The highest BCUT2D eigenvalue weighted by atomic mass is 35.5. The molecule has 0 bridgehead atoms. The summed E-state index contributed by atoms with van der Waals surface area (Å²) < 4.78 is 1.61.